The number of fused-ring (bicyclic) bond motifs is 1. The van der Waals surface area contributed by atoms with Crippen LogP contribution in [0.3, 0.4) is 0 Å². The normalized spacial score (nSPS) is 15.9. The van der Waals surface area contributed by atoms with Crippen LogP contribution in [-0.4, -0.2) is 62.5 Å². The van der Waals surface area contributed by atoms with Crippen LogP contribution in [0.4, 0.5) is 10.5 Å². The van der Waals surface area contributed by atoms with Crippen LogP contribution in [0.5, 0.6) is 0 Å². The standard InChI is InChI=1S/C41H42N4O5/c1-41(2,3)50-40(49)45-27-30(31-19-11-13-22-35(31)45)25-34(39(47)48)42-37(29-17-8-5-9-18-29)32-20-10-12-21-33(32)43-38(46)36-23-14-24-44(36)26-28-15-6-4-7-16-28/h4-13,15-22,27,34,36H,14,23-26H2,1-3H3,(H,43,46)(H,47,48)/t34-,36-/m0/s1. The van der Waals surface area contributed by atoms with Crippen molar-refractivity contribution >= 4 is 40.3 Å². The van der Waals surface area contributed by atoms with Gasteiger partial charge >= 0.3 is 12.1 Å². The fourth-order valence-electron chi connectivity index (χ4n) is 6.47. The number of anilines is 1. The number of aromatic nitrogens is 1. The Morgan fingerprint density at radius 3 is 2.28 bits per heavy atom. The van der Waals surface area contributed by atoms with E-state index in [4.69, 9.17) is 9.73 Å². The predicted molar refractivity (Wildman–Crippen MR) is 196 cm³/mol. The highest BCUT2D eigenvalue weighted by Crippen LogP contribution is 2.28. The zero-order chi connectivity index (χ0) is 35.3. The molecule has 5 aromatic rings. The van der Waals surface area contributed by atoms with E-state index < -0.39 is 23.7 Å². The predicted octanol–water partition coefficient (Wildman–Crippen LogP) is 7.56. The summed E-state index contributed by atoms with van der Waals surface area (Å²) in [6.45, 7) is 6.91. The van der Waals surface area contributed by atoms with E-state index in [9.17, 15) is 19.5 Å². The number of amides is 1. The van der Waals surface area contributed by atoms with Gasteiger partial charge in [-0.2, -0.15) is 0 Å². The molecule has 1 amide bonds. The highest BCUT2D eigenvalue weighted by molar-refractivity contribution is 6.17. The highest BCUT2D eigenvalue weighted by Gasteiger charge is 2.31. The van der Waals surface area contributed by atoms with Gasteiger partial charge in [-0.1, -0.05) is 97.1 Å². The first-order valence-electron chi connectivity index (χ1n) is 16.9. The van der Waals surface area contributed by atoms with Gasteiger partial charge < -0.3 is 15.2 Å². The van der Waals surface area contributed by atoms with Gasteiger partial charge in [0.2, 0.25) is 5.91 Å². The van der Waals surface area contributed by atoms with E-state index >= 15 is 0 Å². The third-order valence-corrected chi connectivity index (χ3v) is 8.75. The number of nitrogens with one attached hydrogen (secondary N) is 1. The zero-order valence-electron chi connectivity index (χ0n) is 28.6. The first kappa shape index (κ1) is 34.3. The molecule has 0 bridgehead atoms. The molecule has 9 nitrogen and oxygen atoms in total. The topological polar surface area (TPSA) is 113 Å². The maximum atomic E-state index is 13.8. The lowest BCUT2D eigenvalue weighted by atomic mass is 9.98. The highest BCUT2D eigenvalue weighted by atomic mass is 16.6. The molecule has 1 fully saturated rings. The maximum absolute atomic E-state index is 13.8. The van der Waals surface area contributed by atoms with Crippen molar-refractivity contribution < 1.29 is 24.2 Å². The number of ether oxygens (including phenoxy) is 1. The Labute approximate surface area is 292 Å². The molecule has 2 heterocycles. The molecule has 1 aliphatic rings. The molecule has 2 N–H and O–H groups in total. The number of benzene rings is 4. The van der Waals surface area contributed by atoms with Crippen molar-refractivity contribution in [1.29, 1.82) is 0 Å². The summed E-state index contributed by atoms with van der Waals surface area (Å²) < 4.78 is 7.06. The molecule has 256 valence electrons. The Hall–Kier alpha value is -5.54. The van der Waals surface area contributed by atoms with Crippen LogP contribution in [0.15, 0.2) is 120 Å². The first-order chi connectivity index (χ1) is 24.1. The van der Waals surface area contributed by atoms with E-state index in [1.807, 2.05) is 91.0 Å². The van der Waals surface area contributed by atoms with Crippen molar-refractivity contribution in [2.45, 2.75) is 64.3 Å². The molecule has 4 aromatic carbocycles. The van der Waals surface area contributed by atoms with E-state index in [2.05, 4.69) is 22.3 Å². The van der Waals surface area contributed by atoms with Crippen LogP contribution in [0, 0.1) is 0 Å². The number of carboxylic acids is 1. The number of aliphatic imine (C=N–C) groups is 1. The van der Waals surface area contributed by atoms with Crippen molar-refractivity contribution in [2.75, 3.05) is 11.9 Å². The van der Waals surface area contributed by atoms with Crippen molar-refractivity contribution in [1.82, 2.24) is 9.47 Å². The number of nitrogens with zero attached hydrogens (tertiary/aromatic N) is 3. The Morgan fingerprint density at radius 2 is 1.56 bits per heavy atom. The summed E-state index contributed by atoms with van der Waals surface area (Å²) in [6, 6.07) is 32.7. The van der Waals surface area contributed by atoms with Gasteiger partial charge in [0.1, 0.15) is 5.60 Å². The summed E-state index contributed by atoms with van der Waals surface area (Å²) in [6.07, 6.45) is 2.79. The summed E-state index contributed by atoms with van der Waals surface area (Å²) in [5.74, 6) is -1.22. The second-order valence-electron chi connectivity index (χ2n) is 13.6. The van der Waals surface area contributed by atoms with Gasteiger partial charge in [0, 0.05) is 35.7 Å². The monoisotopic (exact) mass is 670 g/mol. The Morgan fingerprint density at radius 1 is 0.900 bits per heavy atom. The minimum absolute atomic E-state index is 0.0209. The van der Waals surface area contributed by atoms with Crippen LogP contribution in [0.2, 0.25) is 0 Å². The van der Waals surface area contributed by atoms with Gasteiger partial charge in [-0.05, 0) is 63.4 Å². The Balaban J connectivity index is 1.34. The molecular weight excluding hydrogens is 628 g/mol. The number of aliphatic carboxylic acids is 1. The van der Waals surface area contributed by atoms with Crippen molar-refractivity contribution in [3.63, 3.8) is 0 Å². The number of likely N-dealkylation sites (tertiary alicyclic amines) is 1. The second kappa shape index (κ2) is 14.9. The van der Waals surface area contributed by atoms with Gasteiger partial charge in [0.15, 0.2) is 6.04 Å². The quantitative estimate of drug-likeness (QED) is 0.148. The van der Waals surface area contributed by atoms with E-state index in [-0.39, 0.29) is 18.4 Å². The lowest BCUT2D eigenvalue weighted by Gasteiger charge is -2.24. The van der Waals surface area contributed by atoms with Gasteiger partial charge in [-0.3, -0.25) is 19.3 Å². The lowest BCUT2D eigenvalue weighted by molar-refractivity contribution is -0.138. The number of hydrogen-bond acceptors (Lipinski definition) is 6. The van der Waals surface area contributed by atoms with Crippen molar-refractivity contribution in [3.05, 3.63) is 138 Å². The number of hydrogen-bond donors (Lipinski definition) is 2. The van der Waals surface area contributed by atoms with Crippen LogP contribution in [0.1, 0.15) is 55.9 Å². The second-order valence-corrected chi connectivity index (χ2v) is 13.6. The molecule has 0 saturated carbocycles. The number of carbonyl (C=O) groups excluding carboxylic acids is 2. The summed E-state index contributed by atoms with van der Waals surface area (Å²) in [5, 5.41) is 14.5. The summed E-state index contributed by atoms with van der Waals surface area (Å²) >= 11 is 0. The SMILES string of the molecule is CC(C)(C)OC(=O)n1cc(C[C@H](N=C(c2ccccc2)c2ccccc2NC(=O)[C@@H]2CCCN2Cc2ccccc2)C(=O)O)c2ccccc21. The minimum atomic E-state index is -1.21. The van der Waals surface area contributed by atoms with Crippen molar-refractivity contribution in [3.8, 4) is 0 Å². The van der Waals surface area contributed by atoms with Crippen LogP contribution >= 0.6 is 0 Å². The van der Waals surface area contributed by atoms with Gasteiger partial charge in [-0.25, -0.2) is 9.59 Å². The minimum Gasteiger partial charge on any atom is -0.480 e. The molecule has 1 aliphatic heterocycles. The number of carboxylic acid groups (broad SMARTS) is 1. The fourth-order valence-corrected chi connectivity index (χ4v) is 6.47. The summed E-state index contributed by atoms with van der Waals surface area (Å²) in [4.78, 5) is 47.0. The van der Waals surface area contributed by atoms with Gasteiger partial charge in [-0.15, -0.1) is 0 Å². The fraction of sp³-hybridized carbons (Fsp3) is 0.268. The molecule has 0 spiro atoms. The third-order valence-electron chi connectivity index (χ3n) is 8.75. The average Bonchev–Trinajstić information content (AvgIpc) is 3.72. The number of rotatable bonds is 10. The number of carbonyl (C=O) groups is 3. The molecule has 0 radical (unpaired) electrons. The summed E-state index contributed by atoms with van der Waals surface area (Å²) in [7, 11) is 0. The van der Waals surface area contributed by atoms with E-state index in [0.717, 1.165) is 30.3 Å². The molecule has 0 unspecified atom stereocenters. The molecule has 1 aromatic heterocycles. The third kappa shape index (κ3) is 8.01. The molecule has 9 heteroatoms. The van der Waals surface area contributed by atoms with E-state index in [1.54, 1.807) is 33.0 Å². The molecule has 2 atom stereocenters. The van der Waals surface area contributed by atoms with Crippen molar-refractivity contribution in [2.24, 2.45) is 4.99 Å². The van der Waals surface area contributed by atoms with Crippen LogP contribution < -0.4 is 5.32 Å². The van der Waals surface area contributed by atoms with Gasteiger partial charge in [0.25, 0.3) is 0 Å². The van der Waals surface area contributed by atoms with Gasteiger partial charge in [0.05, 0.1) is 23.0 Å². The molecule has 6 rings (SSSR count). The largest absolute Gasteiger partial charge is 0.480 e. The zero-order valence-corrected chi connectivity index (χ0v) is 28.6. The van der Waals surface area contributed by atoms with E-state index in [1.165, 1.54) is 4.57 Å². The Bertz CT molecular complexity index is 2010. The molecule has 1 saturated heterocycles. The first-order valence-corrected chi connectivity index (χ1v) is 16.9. The number of para-hydroxylation sites is 2. The van der Waals surface area contributed by atoms with E-state index in [0.29, 0.717) is 40.2 Å². The van der Waals surface area contributed by atoms with Crippen LogP contribution in [0.25, 0.3) is 10.9 Å². The lowest BCUT2D eigenvalue weighted by Crippen LogP contribution is -2.39. The van der Waals surface area contributed by atoms with Crippen LogP contribution in [-0.2, 0) is 27.3 Å². The average molecular weight is 671 g/mol. The summed E-state index contributed by atoms with van der Waals surface area (Å²) in [5.41, 5.74) is 4.03. The smallest absolute Gasteiger partial charge is 0.419 e. The maximum Gasteiger partial charge on any atom is 0.419 e. The Kier molecular flexibility index (Phi) is 10.2. The molecule has 50 heavy (non-hydrogen) atoms. The molecular formula is C41H42N4O5. The molecule has 0 aliphatic carbocycles.